The van der Waals surface area contributed by atoms with Gasteiger partial charge in [-0.3, -0.25) is 4.90 Å². The van der Waals surface area contributed by atoms with Crippen molar-refractivity contribution in [3.8, 4) is 0 Å². The first-order valence-corrected chi connectivity index (χ1v) is 7.68. The molecule has 2 aromatic rings. The summed E-state index contributed by atoms with van der Waals surface area (Å²) in [4.78, 5) is 7.19. The van der Waals surface area contributed by atoms with Gasteiger partial charge < -0.3 is 4.40 Å². The zero-order chi connectivity index (χ0) is 12.4. The third kappa shape index (κ3) is 2.59. The fourth-order valence-corrected chi connectivity index (χ4v) is 3.24. The number of aromatic nitrogens is 2. The van der Waals surface area contributed by atoms with Crippen LogP contribution in [0.25, 0.3) is 5.65 Å². The Labute approximate surface area is 116 Å². The van der Waals surface area contributed by atoms with Gasteiger partial charge in [0, 0.05) is 30.8 Å². The van der Waals surface area contributed by atoms with E-state index in [1.54, 1.807) is 0 Å². The maximum atomic E-state index is 4.67. The Bertz CT molecular complexity index is 489. The summed E-state index contributed by atoms with van der Waals surface area (Å²) < 4.78 is 2.10. The zero-order valence-electron chi connectivity index (χ0n) is 10.4. The number of piperidine rings is 1. The second-order valence-corrected chi connectivity index (χ2v) is 5.74. The van der Waals surface area contributed by atoms with Crippen LogP contribution in [0.5, 0.6) is 0 Å². The molecule has 0 radical (unpaired) electrons. The van der Waals surface area contributed by atoms with Crippen molar-refractivity contribution in [3.05, 3.63) is 36.3 Å². The van der Waals surface area contributed by atoms with Crippen LogP contribution >= 0.6 is 15.9 Å². The second-order valence-electron chi connectivity index (χ2n) is 5.10. The van der Waals surface area contributed by atoms with E-state index in [0.717, 1.165) is 23.4 Å². The highest BCUT2D eigenvalue weighted by Gasteiger charge is 2.19. The lowest BCUT2D eigenvalue weighted by molar-refractivity contribution is 0.178. The van der Waals surface area contributed by atoms with Gasteiger partial charge in [-0.05, 0) is 37.4 Å². The average Bonchev–Trinajstić information content (AvgIpc) is 2.81. The maximum Gasteiger partial charge on any atom is 0.137 e. The summed E-state index contributed by atoms with van der Waals surface area (Å²) in [6.45, 7) is 3.38. The molecule has 1 unspecified atom stereocenters. The Morgan fingerprint density at radius 1 is 1.39 bits per heavy atom. The van der Waals surface area contributed by atoms with E-state index in [-0.39, 0.29) is 0 Å². The zero-order valence-corrected chi connectivity index (χ0v) is 12.0. The molecule has 2 aromatic heterocycles. The van der Waals surface area contributed by atoms with Crippen LogP contribution in [-0.2, 0) is 6.54 Å². The molecule has 0 spiro atoms. The highest BCUT2D eigenvalue weighted by Crippen LogP contribution is 2.20. The molecule has 0 aromatic carbocycles. The molecule has 1 aliphatic heterocycles. The number of hydrogen-bond donors (Lipinski definition) is 0. The van der Waals surface area contributed by atoms with Crippen LogP contribution in [0.1, 0.15) is 18.5 Å². The van der Waals surface area contributed by atoms with Crippen molar-refractivity contribution >= 4 is 21.6 Å². The number of likely N-dealkylation sites (tertiary alicyclic amines) is 1. The molecule has 0 bridgehead atoms. The Morgan fingerprint density at radius 2 is 2.33 bits per heavy atom. The predicted octanol–water partition coefficient (Wildman–Crippen LogP) is 2.94. The fourth-order valence-electron chi connectivity index (χ4n) is 2.71. The quantitative estimate of drug-likeness (QED) is 0.813. The third-order valence-corrected chi connectivity index (χ3v) is 4.54. The smallest absolute Gasteiger partial charge is 0.137 e. The number of halogens is 1. The van der Waals surface area contributed by atoms with Gasteiger partial charge in [-0.2, -0.15) is 0 Å². The van der Waals surface area contributed by atoms with Crippen LogP contribution in [0, 0.1) is 5.92 Å². The van der Waals surface area contributed by atoms with E-state index >= 15 is 0 Å². The second kappa shape index (κ2) is 5.41. The highest BCUT2D eigenvalue weighted by molar-refractivity contribution is 9.09. The summed E-state index contributed by atoms with van der Waals surface area (Å²) in [6, 6.07) is 6.13. The van der Waals surface area contributed by atoms with Gasteiger partial charge in [-0.25, -0.2) is 4.98 Å². The summed E-state index contributed by atoms with van der Waals surface area (Å²) in [7, 11) is 0. The van der Waals surface area contributed by atoms with Gasteiger partial charge in [0.1, 0.15) is 5.65 Å². The van der Waals surface area contributed by atoms with Crippen molar-refractivity contribution < 1.29 is 0 Å². The van der Waals surface area contributed by atoms with Gasteiger partial charge in [0.2, 0.25) is 0 Å². The van der Waals surface area contributed by atoms with Crippen molar-refractivity contribution in [1.29, 1.82) is 0 Å². The van der Waals surface area contributed by atoms with Crippen molar-refractivity contribution in [1.82, 2.24) is 14.3 Å². The lowest BCUT2D eigenvalue weighted by Crippen LogP contribution is -2.35. The third-order valence-electron chi connectivity index (χ3n) is 3.62. The number of rotatable bonds is 3. The van der Waals surface area contributed by atoms with Crippen molar-refractivity contribution in [2.24, 2.45) is 5.92 Å². The normalized spacial score (nSPS) is 21.5. The first-order chi connectivity index (χ1) is 8.85. The minimum Gasteiger partial charge on any atom is -0.307 e. The summed E-state index contributed by atoms with van der Waals surface area (Å²) in [5.74, 6) is 0.802. The molecule has 4 heteroatoms. The van der Waals surface area contributed by atoms with Gasteiger partial charge in [0.05, 0.1) is 5.69 Å². The largest absolute Gasteiger partial charge is 0.307 e. The lowest BCUT2D eigenvalue weighted by atomic mass is 10.0. The molecule has 1 aliphatic rings. The molecular weight excluding hydrogens is 290 g/mol. The number of imidazole rings is 1. The number of nitrogens with zero attached hydrogens (tertiary/aromatic N) is 3. The Kier molecular flexibility index (Phi) is 3.66. The van der Waals surface area contributed by atoms with Crippen LogP contribution in [0.15, 0.2) is 30.6 Å². The Balaban J connectivity index is 1.71. The highest BCUT2D eigenvalue weighted by atomic mass is 79.9. The van der Waals surface area contributed by atoms with Crippen LogP contribution in [0.4, 0.5) is 0 Å². The summed E-state index contributed by atoms with van der Waals surface area (Å²) in [5.41, 5.74) is 2.22. The maximum absolute atomic E-state index is 4.67. The van der Waals surface area contributed by atoms with Crippen LogP contribution in [0.2, 0.25) is 0 Å². The van der Waals surface area contributed by atoms with Crippen LogP contribution < -0.4 is 0 Å². The minimum atomic E-state index is 0.802. The number of alkyl halides is 1. The Hall–Kier alpha value is -0.870. The van der Waals surface area contributed by atoms with E-state index in [2.05, 4.69) is 48.7 Å². The molecule has 3 nitrogen and oxygen atoms in total. The molecule has 1 saturated heterocycles. The SMILES string of the molecule is BrCC1CCCN(Cc2cn3ccccc3n2)C1. The van der Waals surface area contributed by atoms with E-state index in [1.165, 1.54) is 31.6 Å². The van der Waals surface area contributed by atoms with Crippen molar-refractivity contribution in [3.63, 3.8) is 0 Å². The van der Waals surface area contributed by atoms with Gasteiger partial charge in [-0.1, -0.05) is 22.0 Å². The summed E-state index contributed by atoms with van der Waals surface area (Å²) in [5, 5.41) is 1.12. The fraction of sp³-hybridized carbons (Fsp3) is 0.500. The van der Waals surface area contributed by atoms with E-state index < -0.39 is 0 Å². The number of fused-ring (bicyclic) bond motifs is 1. The monoisotopic (exact) mass is 307 g/mol. The van der Waals surface area contributed by atoms with E-state index in [0.29, 0.717) is 0 Å². The van der Waals surface area contributed by atoms with Crippen molar-refractivity contribution in [2.45, 2.75) is 19.4 Å². The van der Waals surface area contributed by atoms with Gasteiger partial charge in [-0.15, -0.1) is 0 Å². The predicted molar refractivity (Wildman–Crippen MR) is 77.0 cm³/mol. The van der Waals surface area contributed by atoms with E-state index in [4.69, 9.17) is 0 Å². The van der Waals surface area contributed by atoms with Crippen molar-refractivity contribution in [2.75, 3.05) is 18.4 Å². The molecule has 0 N–H and O–H groups in total. The molecule has 0 aliphatic carbocycles. The first kappa shape index (κ1) is 12.2. The van der Waals surface area contributed by atoms with Crippen LogP contribution in [0.3, 0.4) is 0 Å². The average molecular weight is 308 g/mol. The van der Waals surface area contributed by atoms with E-state index in [1.807, 2.05) is 12.1 Å². The topological polar surface area (TPSA) is 20.5 Å². The Morgan fingerprint density at radius 3 is 3.17 bits per heavy atom. The molecule has 1 atom stereocenters. The molecule has 0 saturated carbocycles. The molecular formula is C14H18BrN3. The van der Waals surface area contributed by atoms with Gasteiger partial charge in [0.15, 0.2) is 0 Å². The minimum absolute atomic E-state index is 0.802. The van der Waals surface area contributed by atoms with E-state index in [9.17, 15) is 0 Å². The molecule has 18 heavy (non-hydrogen) atoms. The molecule has 3 heterocycles. The number of pyridine rings is 1. The molecule has 96 valence electrons. The first-order valence-electron chi connectivity index (χ1n) is 6.56. The summed E-state index contributed by atoms with van der Waals surface area (Å²) >= 11 is 3.61. The lowest BCUT2D eigenvalue weighted by Gasteiger charge is -2.31. The molecule has 3 rings (SSSR count). The number of hydrogen-bond acceptors (Lipinski definition) is 2. The van der Waals surface area contributed by atoms with Gasteiger partial charge in [0.25, 0.3) is 0 Å². The standard InChI is InChI=1S/C14H18BrN3/c15-8-12-4-3-6-17(9-12)10-13-11-18-7-2-1-5-14(18)16-13/h1-2,5,7,11-12H,3-4,6,8-10H2. The molecule has 0 amide bonds. The summed E-state index contributed by atoms with van der Waals surface area (Å²) in [6.07, 6.45) is 6.87. The van der Waals surface area contributed by atoms with Crippen LogP contribution in [-0.4, -0.2) is 32.7 Å². The molecule has 1 fully saturated rings. The van der Waals surface area contributed by atoms with Gasteiger partial charge >= 0.3 is 0 Å².